The van der Waals surface area contributed by atoms with E-state index in [0.29, 0.717) is 24.4 Å². The fourth-order valence-corrected chi connectivity index (χ4v) is 3.13. The Kier molecular flexibility index (Phi) is 4.74. The van der Waals surface area contributed by atoms with Crippen molar-refractivity contribution in [2.24, 2.45) is 0 Å². The molecule has 0 aromatic carbocycles. The molecule has 0 bridgehead atoms. The van der Waals surface area contributed by atoms with Crippen molar-refractivity contribution in [3.05, 3.63) is 22.4 Å². The van der Waals surface area contributed by atoms with Crippen LogP contribution >= 0.6 is 11.3 Å². The van der Waals surface area contributed by atoms with Crippen molar-refractivity contribution in [1.29, 1.82) is 5.26 Å². The molecule has 106 valence electrons. The number of hydrogen-bond donors (Lipinski definition) is 0. The number of nitriles is 1. The monoisotopic (exact) mass is 291 g/mol. The topological polar surface area (TPSA) is 64.4 Å². The number of nitrogens with zero attached hydrogens (tertiary/aromatic N) is 3. The van der Waals surface area contributed by atoms with Gasteiger partial charge in [-0.3, -0.25) is 9.59 Å². The van der Waals surface area contributed by atoms with E-state index in [1.54, 1.807) is 11.0 Å². The first-order valence-corrected chi connectivity index (χ1v) is 7.57. The average Bonchev–Trinajstić information content (AvgIpc) is 3.13. The van der Waals surface area contributed by atoms with Crippen LogP contribution in [-0.2, 0) is 4.79 Å². The maximum Gasteiger partial charge on any atom is 0.264 e. The molecule has 1 saturated heterocycles. The first-order chi connectivity index (χ1) is 9.69. The number of likely N-dealkylation sites (N-methyl/N-ethyl adjacent to an activating group) is 1. The fraction of sp³-hybridized carbons (Fsp3) is 0.500. The van der Waals surface area contributed by atoms with Gasteiger partial charge in [0.15, 0.2) is 0 Å². The molecule has 0 unspecified atom stereocenters. The third-order valence-electron chi connectivity index (χ3n) is 3.49. The Morgan fingerprint density at radius 1 is 1.60 bits per heavy atom. The van der Waals surface area contributed by atoms with Crippen LogP contribution in [0.3, 0.4) is 0 Å². The van der Waals surface area contributed by atoms with Crippen LogP contribution in [0.1, 0.15) is 29.4 Å². The highest BCUT2D eigenvalue weighted by molar-refractivity contribution is 7.12. The molecule has 1 atom stereocenters. The summed E-state index contributed by atoms with van der Waals surface area (Å²) in [6, 6.07) is 5.19. The van der Waals surface area contributed by atoms with E-state index >= 15 is 0 Å². The van der Waals surface area contributed by atoms with Crippen molar-refractivity contribution < 1.29 is 9.59 Å². The molecule has 2 heterocycles. The molecule has 0 saturated carbocycles. The number of amides is 2. The van der Waals surface area contributed by atoms with Crippen LogP contribution in [0, 0.1) is 11.3 Å². The Labute approximate surface area is 122 Å². The zero-order chi connectivity index (χ0) is 14.5. The lowest BCUT2D eigenvalue weighted by atomic mass is 10.2. The average molecular weight is 291 g/mol. The molecule has 6 heteroatoms. The van der Waals surface area contributed by atoms with Gasteiger partial charge in [-0.25, -0.2) is 0 Å². The van der Waals surface area contributed by atoms with Gasteiger partial charge >= 0.3 is 0 Å². The minimum Gasteiger partial charge on any atom is -0.328 e. The summed E-state index contributed by atoms with van der Waals surface area (Å²) < 4.78 is 0. The van der Waals surface area contributed by atoms with Crippen LogP contribution in [-0.4, -0.2) is 47.3 Å². The van der Waals surface area contributed by atoms with Gasteiger partial charge in [0.25, 0.3) is 5.91 Å². The molecule has 0 spiro atoms. The van der Waals surface area contributed by atoms with Crippen molar-refractivity contribution >= 4 is 23.2 Å². The van der Waals surface area contributed by atoms with Gasteiger partial charge in [0, 0.05) is 13.1 Å². The number of carbonyl (C=O) groups is 2. The Balaban J connectivity index is 2.13. The number of thiophene rings is 1. The van der Waals surface area contributed by atoms with E-state index in [4.69, 9.17) is 5.26 Å². The highest BCUT2D eigenvalue weighted by atomic mass is 32.1. The maximum atomic E-state index is 12.4. The quantitative estimate of drug-likeness (QED) is 0.793. The molecule has 1 fully saturated rings. The summed E-state index contributed by atoms with van der Waals surface area (Å²) in [5.74, 6) is -0.194. The summed E-state index contributed by atoms with van der Waals surface area (Å²) in [5.41, 5.74) is 0. The molecule has 2 rings (SSSR count). The second kappa shape index (κ2) is 6.53. The first kappa shape index (κ1) is 14.5. The first-order valence-electron chi connectivity index (χ1n) is 6.69. The summed E-state index contributed by atoms with van der Waals surface area (Å²) in [7, 11) is 0. The summed E-state index contributed by atoms with van der Waals surface area (Å²) in [4.78, 5) is 28.6. The molecule has 2 amide bonds. The summed E-state index contributed by atoms with van der Waals surface area (Å²) in [5, 5.41) is 10.6. The van der Waals surface area contributed by atoms with Gasteiger partial charge in [0.2, 0.25) is 5.91 Å². The molecule has 20 heavy (non-hydrogen) atoms. The molecule has 0 radical (unpaired) electrons. The van der Waals surface area contributed by atoms with E-state index < -0.39 is 6.04 Å². The van der Waals surface area contributed by atoms with Crippen molar-refractivity contribution in [3.63, 3.8) is 0 Å². The fourth-order valence-electron chi connectivity index (χ4n) is 2.45. The smallest absolute Gasteiger partial charge is 0.264 e. The number of likely N-dealkylation sites (tertiary alicyclic amines) is 1. The minimum atomic E-state index is -0.419. The second-order valence-electron chi connectivity index (χ2n) is 4.64. The van der Waals surface area contributed by atoms with Gasteiger partial charge < -0.3 is 9.80 Å². The predicted molar refractivity (Wildman–Crippen MR) is 76.2 cm³/mol. The molecule has 1 aliphatic heterocycles. The SMILES string of the molecule is CCN(CC#N)C(=O)[C@@H]1CCCN1C(=O)c1cccs1. The third-order valence-corrected chi connectivity index (χ3v) is 4.34. The molecule has 1 aliphatic rings. The lowest BCUT2D eigenvalue weighted by Crippen LogP contribution is -2.47. The number of hydrogen-bond acceptors (Lipinski definition) is 4. The molecule has 5 nitrogen and oxygen atoms in total. The van der Waals surface area contributed by atoms with Gasteiger partial charge in [-0.15, -0.1) is 11.3 Å². The summed E-state index contributed by atoms with van der Waals surface area (Å²) >= 11 is 1.39. The van der Waals surface area contributed by atoms with Crippen LogP contribution in [0.2, 0.25) is 0 Å². The lowest BCUT2D eigenvalue weighted by Gasteiger charge is -2.28. The Bertz CT molecular complexity index is 521. The minimum absolute atomic E-state index is 0.0763. The van der Waals surface area contributed by atoms with Crippen molar-refractivity contribution in [2.45, 2.75) is 25.8 Å². The zero-order valence-electron chi connectivity index (χ0n) is 11.4. The van der Waals surface area contributed by atoms with Crippen LogP contribution in [0.4, 0.5) is 0 Å². The highest BCUT2D eigenvalue weighted by Gasteiger charge is 2.36. The Morgan fingerprint density at radius 3 is 3.00 bits per heavy atom. The van der Waals surface area contributed by atoms with Gasteiger partial charge in [-0.2, -0.15) is 5.26 Å². The second-order valence-corrected chi connectivity index (χ2v) is 5.59. The van der Waals surface area contributed by atoms with Gasteiger partial charge in [0.05, 0.1) is 10.9 Å². The van der Waals surface area contributed by atoms with E-state index in [1.165, 1.54) is 16.2 Å². The maximum absolute atomic E-state index is 12.4. The molecule has 1 aromatic rings. The van der Waals surface area contributed by atoms with Crippen molar-refractivity contribution in [2.75, 3.05) is 19.6 Å². The third kappa shape index (κ3) is 2.83. The van der Waals surface area contributed by atoms with E-state index in [-0.39, 0.29) is 18.4 Å². The van der Waals surface area contributed by atoms with E-state index in [0.717, 1.165) is 6.42 Å². The van der Waals surface area contributed by atoms with Crippen LogP contribution in [0.5, 0.6) is 0 Å². The number of carbonyl (C=O) groups excluding carboxylic acids is 2. The number of rotatable bonds is 4. The van der Waals surface area contributed by atoms with E-state index in [9.17, 15) is 9.59 Å². The largest absolute Gasteiger partial charge is 0.328 e. The Hall–Kier alpha value is -1.87. The van der Waals surface area contributed by atoms with Crippen molar-refractivity contribution in [3.8, 4) is 6.07 Å². The summed E-state index contributed by atoms with van der Waals surface area (Å²) in [6.45, 7) is 3.02. The predicted octanol–water partition coefficient (Wildman–Crippen LogP) is 1.72. The van der Waals surface area contributed by atoms with Crippen LogP contribution in [0.15, 0.2) is 17.5 Å². The Morgan fingerprint density at radius 2 is 2.40 bits per heavy atom. The van der Waals surface area contributed by atoms with Crippen LogP contribution in [0.25, 0.3) is 0 Å². The summed E-state index contributed by atoms with van der Waals surface area (Å²) in [6.07, 6.45) is 1.51. The normalized spacial score (nSPS) is 17.8. The molecular weight excluding hydrogens is 274 g/mol. The van der Waals surface area contributed by atoms with Gasteiger partial charge in [0.1, 0.15) is 12.6 Å². The van der Waals surface area contributed by atoms with E-state index in [2.05, 4.69) is 0 Å². The molecule has 0 aliphatic carbocycles. The standard InChI is InChI=1S/C14H17N3O2S/c1-2-16(9-7-15)13(18)11-5-3-8-17(11)14(19)12-6-4-10-20-12/h4,6,10-11H,2-3,5,8-9H2,1H3/t11-/m0/s1. The van der Waals surface area contributed by atoms with Crippen LogP contribution < -0.4 is 0 Å². The molecular formula is C14H17N3O2S. The van der Waals surface area contributed by atoms with Crippen molar-refractivity contribution in [1.82, 2.24) is 9.80 Å². The van der Waals surface area contributed by atoms with E-state index in [1.807, 2.05) is 24.4 Å². The lowest BCUT2D eigenvalue weighted by molar-refractivity contribution is -0.134. The van der Waals surface area contributed by atoms with Gasteiger partial charge in [-0.1, -0.05) is 6.07 Å². The highest BCUT2D eigenvalue weighted by Crippen LogP contribution is 2.23. The molecule has 1 aromatic heterocycles. The zero-order valence-corrected chi connectivity index (χ0v) is 12.2. The molecule has 0 N–H and O–H groups in total. The van der Waals surface area contributed by atoms with Gasteiger partial charge in [-0.05, 0) is 31.2 Å².